The summed E-state index contributed by atoms with van der Waals surface area (Å²) in [5.41, 5.74) is 7.07. The fraction of sp³-hybridized carbons (Fsp3) is 0.269. The topological polar surface area (TPSA) is 69.7 Å². The average Bonchev–Trinajstić information content (AvgIpc) is 3.26. The van der Waals surface area contributed by atoms with Crippen LogP contribution >= 0.6 is 0 Å². The van der Waals surface area contributed by atoms with Crippen LogP contribution in [-0.2, 0) is 6.54 Å². The van der Waals surface area contributed by atoms with E-state index in [1.54, 1.807) is 12.4 Å². The van der Waals surface area contributed by atoms with E-state index in [2.05, 4.69) is 49.1 Å². The van der Waals surface area contributed by atoms with E-state index in [9.17, 15) is 8.78 Å². The lowest BCUT2D eigenvalue weighted by molar-refractivity contribution is -0.0566. The largest absolute Gasteiger partial charge is 0.353 e. The Balaban J connectivity index is 1.36. The lowest BCUT2D eigenvalue weighted by Gasteiger charge is -2.31. The molecule has 5 rings (SSSR count). The highest BCUT2D eigenvalue weighted by Gasteiger charge is 2.33. The van der Waals surface area contributed by atoms with E-state index in [0.717, 1.165) is 44.7 Å². The summed E-state index contributed by atoms with van der Waals surface area (Å²) in [6.45, 7) is 7.51. The first kappa shape index (κ1) is 22.2. The second-order valence-electron chi connectivity index (χ2n) is 8.84. The van der Waals surface area contributed by atoms with Crippen LogP contribution in [-0.4, -0.2) is 44.1 Å². The van der Waals surface area contributed by atoms with Crippen molar-refractivity contribution < 1.29 is 8.78 Å². The number of H-pyrrole nitrogens is 1. The number of alkyl halides is 2. The van der Waals surface area contributed by atoms with Crippen LogP contribution in [0, 0.1) is 6.92 Å². The van der Waals surface area contributed by atoms with Gasteiger partial charge in [0.25, 0.3) is 5.92 Å². The monoisotopic (exact) mass is 460 g/mol. The quantitative estimate of drug-likeness (QED) is 0.390. The van der Waals surface area contributed by atoms with E-state index in [-0.39, 0.29) is 12.8 Å². The zero-order chi connectivity index (χ0) is 23.7. The molecular weight excluding hydrogens is 434 g/mol. The zero-order valence-corrected chi connectivity index (χ0v) is 19.0. The summed E-state index contributed by atoms with van der Waals surface area (Å²) in [5, 5.41) is 11.7. The van der Waals surface area contributed by atoms with E-state index in [4.69, 9.17) is 0 Å². The van der Waals surface area contributed by atoms with Gasteiger partial charge in [-0.1, -0.05) is 12.6 Å². The van der Waals surface area contributed by atoms with Gasteiger partial charge in [-0.05, 0) is 48.4 Å². The Labute approximate surface area is 196 Å². The number of nitrogens with zero attached hydrogens (tertiary/aromatic N) is 4. The highest BCUT2D eigenvalue weighted by Crippen LogP contribution is 2.30. The first-order valence-corrected chi connectivity index (χ1v) is 11.3. The minimum absolute atomic E-state index is 0.0867. The van der Waals surface area contributed by atoms with Crippen LogP contribution in [0.25, 0.3) is 27.7 Å². The number of halogens is 2. The second kappa shape index (κ2) is 8.95. The zero-order valence-electron chi connectivity index (χ0n) is 19.0. The number of rotatable bonds is 6. The highest BCUT2D eigenvalue weighted by molar-refractivity contribution is 5.95. The predicted molar refractivity (Wildman–Crippen MR) is 130 cm³/mol. The molecule has 3 aromatic heterocycles. The first-order chi connectivity index (χ1) is 16.4. The molecule has 0 spiro atoms. The van der Waals surface area contributed by atoms with Gasteiger partial charge in [-0.15, -0.1) is 0 Å². The van der Waals surface area contributed by atoms with Crippen molar-refractivity contribution in [2.24, 2.45) is 0 Å². The number of aromatic amines is 1. The molecule has 1 aliphatic heterocycles. The maximum Gasteiger partial charge on any atom is 0.250 e. The minimum atomic E-state index is -2.54. The Hall–Kier alpha value is -3.65. The molecule has 0 amide bonds. The lowest BCUT2D eigenvalue weighted by atomic mass is 10.0. The molecule has 0 saturated carbocycles. The van der Waals surface area contributed by atoms with Gasteiger partial charge in [0.15, 0.2) is 0 Å². The van der Waals surface area contributed by atoms with Crippen molar-refractivity contribution in [2.45, 2.75) is 32.2 Å². The summed E-state index contributed by atoms with van der Waals surface area (Å²) in [7, 11) is 0. The number of piperidine rings is 1. The highest BCUT2D eigenvalue weighted by atomic mass is 19.3. The number of hydrogen-bond acceptors (Lipinski definition) is 5. The van der Waals surface area contributed by atoms with Crippen LogP contribution in [0.3, 0.4) is 0 Å². The number of hydrogen-bond donors (Lipinski definition) is 2. The van der Waals surface area contributed by atoms with E-state index in [1.165, 1.54) is 0 Å². The van der Waals surface area contributed by atoms with Gasteiger partial charge in [0.1, 0.15) is 5.69 Å². The molecule has 0 unspecified atom stereocenters. The molecule has 1 aliphatic rings. The van der Waals surface area contributed by atoms with Crippen molar-refractivity contribution in [1.82, 2.24) is 25.1 Å². The Bertz CT molecular complexity index is 1320. The number of likely N-dealkylation sites (tertiary alicyclic amines) is 1. The Kier molecular flexibility index (Phi) is 5.83. The summed E-state index contributed by atoms with van der Waals surface area (Å²) in [6.07, 6.45) is 5.22. The summed E-state index contributed by atoms with van der Waals surface area (Å²) in [5.74, 6) is -2.54. The molecule has 34 heavy (non-hydrogen) atoms. The van der Waals surface area contributed by atoms with Crippen molar-refractivity contribution in [3.05, 3.63) is 78.5 Å². The molecule has 1 aromatic carbocycles. The molecule has 1 fully saturated rings. The SMILES string of the molecule is C=C(Nc1ccc(C)nc1)c1n[nH]c2ccc(-c3cncc(CN4CCC(F)(F)CC4)c3)cc12. The van der Waals surface area contributed by atoms with E-state index >= 15 is 0 Å². The molecule has 0 bridgehead atoms. The smallest absolute Gasteiger partial charge is 0.250 e. The molecule has 2 N–H and O–H groups in total. The second-order valence-corrected chi connectivity index (χ2v) is 8.84. The summed E-state index contributed by atoms with van der Waals surface area (Å²) in [6, 6.07) is 12.0. The fourth-order valence-corrected chi connectivity index (χ4v) is 4.23. The number of aryl methyl sites for hydroxylation is 1. The third-order valence-corrected chi connectivity index (χ3v) is 6.18. The van der Waals surface area contributed by atoms with Gasteiger partial charge in [-0.3, -0.25) is 20.0 Å². The Morgan fingerprint density at radius 2 is 1.91 bits per heavy atom. The number of fused-ring (bicyclic) bond motifs is 1. The fourth-order valence-electron chi connectivity index (χ4n) is 4.23. The number of pyridine rings is 2. The number of nitrogens with one attached hydrogen (secondary N) is 2. The Morgan fingerprint density at radius 3 is 2.68 bits per heavy atom. The molecule has 1 saturated heterocycles. The van der Waals surface area contributed by atoms with Crippen LogP contribution < -0.4 is 5.32 Å². The van der Waals surface area contributed by atoms with Gasteiger partial charge < -0.3 is 5.32 Å². The van der Waals surface area contributed by atoms with Gasteiger partial charge >= 0.3 is 0 Å². The average molecular weight is 461 g/mol. The molecule has 0 atom stereocenters. The third-order valence-electron chi connectivity index (χ3n) is 6.18. The molecule has 4 heterocycles. The van der Waals surface area contributed by atoms with E-state index in [1.807, 2.05) is 37.4 Å². The van der Waals surface area contributed by atoms with Crippen LogP contribution in [0.2, 0.25) is 0 Å². The molecule has 174 valence electrons. The lowest BCUT2D eigenvalue weighted by Crippen LogP contribution is -2.38. The minimum Gasteiger partial charge on any atom is -0.353 e. The van der Waals surface area contributed by atoms with Crippen LogP contribution in [0.5, 0.6) is 0 Å². The third kappa shape index (κ3) is 4.82. The maximum atomic E-state index is 13.5. The first-order valence-electron chi connectivity index (χ1n) is 11.3. The summed E-state index contributed by atoms with van der Waals surface area (Å²) in [4.78, 5) is 10.8. The van der Waals surface area contributed by atoms with Crippen molar-refractivity contribution >= 4 is 22.3 Å². The van der Waals surface area contributed by atoms with Gasteiger partial charge in [0, 0.05) is 61.5 Å². The van der Waals surface area contributed by atoms with E-state index < -0.39 is 5.92 Å². The van der Waals surface area contributed by atoms with Gasteiger partial charge in [-0.2, -0.15) is 5.10 Å². The van der Waals surface area contributed by atoms with Crippen LogP contribution in [0.4, 0.5) is 14.5 Å². The standard InChI is InChI=1S/C26H26F2N6/c1-17-3-5-22(15-30-17)31-18(2)25-23-12-20(4-6-24(23)32-33-25)21-11-19(13-29-14-21)16-34-9-7-26(27,28)8-10-34/h3-6,11-15,31H,2,7-10,16H2,1H3,(H,32,33). The van der Waals surface area contributed by atoms with Crippen LogP contribution in [0.15, 0.2) is 61.6 Å². The summed E-state index contributed by atoms with van der Waals surface area (Å²) < 4.78 is 26.9. The summed E-state index contributed by atoms with van der Waals surface area (Å²) >= 11 is 0. The van der Waals surface area contributed by atoms with Gasteiger partial charge in [0.05, 0.1) is 23.1 Å². The molecule has 0 radical (unpaired) electrons. The van der Waals surface area contributed by atoms with Gasteiger partial charge in [0.2, 0.25) is 0 Å². The number of aromatic nitrogens is 4. The van der Waals surface area contributed by atoms with Crippen molar-refractivity contribution in [2.75, 3.05) is 18.4 Å². The van der Waals surface area contributed by atoms with Crippen molar-refractivity contribution in [3.8, 4) is 11.1 Å². The van der Waals surface area contributed by atoms with Gasteiger partial charge in [-0.25, -0.2) is 8.78 Å². The molecular formula is C26H26F2N6. The van der Waals surface area contributed by atoms with Crippen LogP contribution in [0.1, 0.15) is 29.8 Å². The maximum absolute atomic E-state index is 13.5. The molecule has 6 nitrogen and oxygen atoms in total. The Morgan fingerprint density at radius 1 is 1.09 bits per heavy atom. The molecule has 0 aliphatic carbocycles. The molecule has 8 heteroatoms. The van der Waals surface area contributed by atoms with E-state index in [0.29, 0.717) is 25.3 Å². The number of benzene rings is 1. The molecule has 4 aromatic rings. The predicted octanol–water partition coefficient (Wildman–Crippen LogP) is 5.64. The van der Waals surface area contributed by atoms with Crippen molar-refractivity contribution in [3.63, 3.8) is 0 Å². The normalized spacial score (nSPS) is 16.0. The number of anilines is 1. The van der Waals surface area contributed by atoms with Crippen molar-refractivity contribution in [1.29, 1.82) is 0 Å².